The molecule has 0 bridgehead atoms. The van der Waals surface area contributed by atoms with Crippen molar-refractivity contribution < 1.29 is 18.0 Å². The van der Waals surface area contributed by atoms with E-state index in [0.717, 1.165) is 46.5 Å². The van der Waals surface area contributed by atoms with Crippen LogP contribution in [0.15, 0.2) is 84.0 Å². The van der Waals surface area contributed by atoms with E-state index in [9.17, 15) is 18.0 Å². The number of para-hydroxylation sites is 1. The SMILES string of the molecule is O=C(NCC(F)(F)F)C1(CCCCCSc2n[nH]c(Nc3ccccc3)n2)c2ccccc2-c2ccccc21. The topological polar surface area (TPSA) is 82.7 Å². The fourth-order valence-corrected chi connectivity index (χ4v) is 5.94. The number of nitrogens with zero attached hydrogens (tertiary/aromatic N) is 2. The lowest BCUT2D eigenvalue weighted by atomic mass is 9.73. The summed E-state index contributed by atoms with van der Waals surface area (Å²) in [7, 11) is 0. The van der Waals surface area contributed by atoms with E-state index in [-0.39, 0.29) is 0 Å². The number of amides is 1. The van der Waals surface area contributed by atoms with Gasteiger partial charge in [-0.3, -0.25) is 4.79 Å². The second-order valence-electron chi connectivity index (χ2n) is 9.41. The van der Waals surface area contributed by atoms with Crippen LogP contribution in [0.1, 0.15) is 36.8 Å². The molecule has 0 unspecified atom stereocenters. The summed E-state index contributed by atoms with van der Waals surface area (Å²) in [5.41, 5.74) is 3.07. The third-order valence-electron chi connectivity index (χ3n) is 6.83. The van der Waals surface area contributed by atoms with Crippen molar-refractivity contribution in [2.24, 2.45) is 0 Å². The molecule has 0 radical (unpaired) electrons. The van der Waals surface area contributed by atoms with Gasteiger partial charge in [-0.2, -0.15) is 18.2 Å². The molecule has 0 saturated heterocycles. The summed E-state index contributed by atoms with van der Waals surface area (Å²) in [5.74, 6) is 0.739. The molecule has 10 heteroatoms. The molecule has 0 fully saturated rings. The van der Waals surface area contributed by atoms with Gasteiger partial charge < -0.3 is 10.6 Å². The average Bonchev–Trinajstić information content (AvgIpc) is 3.50. The van der Waals surface area contributed by atoms with Gasteiger partial charge in [0.2, 0.25) is 17.0 Å². The number of halogens is 3. The van der Waals surface area contributed by atoms with Crippen LogP contribution in [0.2, 0.25) is 0 Å². The van der Waals surface area contributed by atoms with Crippen LogP contribution in [0.25, 0.3) is 11.1 Å². The summed E-state index contributed by atoms with van der Waals surface area (Å²) >= 11 is 1.53. The van der Waals surface area contributed by atoms with Crippen LogP contribution < -0.4 is 10.6 Å². The fourth-order valence-electron chi connectivity index (χ4n) is 5.14. The van der Waals surface area contributed by atoms with Crippen LogP contribution in [0, 0.1) is 0 Å². The number of hydrogen-bond acceptors (Lipinski definition) is 5. The third-order valence-corrected chi connectivity index (χ3v) is 7.76. The molecule has 5 rings (SSSR count). The highest BCUT2D eigenvalue weighted by atomic mass is 32.2. The Hall–Kier alpha value is -3.79. The number of aromatic nitrogens is 3. The highest BCUT2D eigenvalue weighted by Gasteiger charge is 2.49. The lowest BCUT2D eigenvalue weighted by Gasteiger charge is -2.31. The van der Waals surface area contributed by atoms with Crippen LogP contribution in [0.5, 0.6) is 0 Å². The number of nitrogens with one attached hydrogen (secondary N) is 3. The Balaban J connectivity index is 1.22. The summed E-state index contributed by atoms with van der Waals surface area (Å²) in [6, 6.07) is 24.7. The Labute approximate surface area is 228 Å². The highest BCUT2D eigenvalue weighted by Crippen LogP contribution is 2.51. The van der Waals surface area contributed by atoms with Gasteiger partial charge >= 0.3 is 6.18 Å². The summed E-state index contributed by atoms with van der Waals surface area (Å²) in [6.07, 6.45) is -1.73. The molecule has 0 aliphatic heterocycles. The molecule has 1 amide bonds. The van der Waals surface area contributed by atoms with Gasteiger partial charge in [0, 0.05) is 11.4 Å². The second-order valence-corrected chi connectivity index (χ2v) is 10.5. The van der Waals surface area contributed by atoms with E-state index in [2.05, 4.69) is 25.8 Å². The number of H-pyrrole nitrogens is 1. The Morgan fingerprint density at radius 1 is 0.872 bits per heavy atom. The molecule has 39 heavy (non-hydrogen) atoms. The molecule has 0 spiro atoms. The summed E-state index contributed by atoms with van der Waals surface area (Å²) in [4.78, 5) is 18.0. The van der Waals surface area contributed by atoms with E-state index in [1.807, 2.05) is 78.9 Å². The fraction of sp³-hybridized carbons (Fsp3) is 0.276. The van der Waals surface area contributed by atoms with Crippen molar-refractivity contribution in [3.05, 3.63) is 90.0 Å². The number of hydrogen-bond donors (Lipinski definition) is 3. The Morgan fingerprint density at radius 2 is 1.51 bits per heavy atom. The number of anilines is 2. The van der Waals surface area contributed by atoms with Gasteiger partial charge in [0.15, 0.2) is 0 Å². The van der Waals surface area contributed by atoms with Crippen LogP contribution in [0.3, 0.4) is 0 Å². The van der Waals surface area contributed by atoms with Crippen LogP contribution >= 0.6 is 11.8 Å². The molecule has 202 valence electrons. The zero-order chi connectivity index (χ0) is 27.3. The third kappa shape index (κ3) is 5.95. The first kappa shape index (κ1) is 26.8. The van der Waals surface area contributed by atoms with Crippen molar-refractivity contribution in [3.63, 3.8) is 0 Å². The van der Waals surface area contributed by atoms with Crippen molar-refractivity contribution >= 4 is 29.3 Å². The number of aromatic amines is 1. The number of carbonyl (C=O) groups is 1. The van der Waals surface area contributed by atoms with Crippen molar-refractivity contribution in [2.45, 2.75) is 42.4 Å². The Kier molecular flexibility index (Phi) is 7.92. The predicted octanol–water partition coefficient (Wildman–Crippen LogP) is 6.85. The van der Waals surface area contributed by atoms with Crippen molar-refractivity contribution in [2.75, 3.05) is 17.6 Å². The lowest BCUT2D eigenvalue weighted by Crippen LogP contribution is -2.47. The molecular weight excluding hydrogens is 523 g/mol. The molecule has 0 atom stereocenters. The van der Waals surface area contributed by atoms with Gasteiger partial charge in [-0.15, -0.1) is 5.10 Å². The van der Waals surface area contributed by atoms with Gasteiger partial charge in [-0.05, 0) is 47.2 Å². The number of benzene rings is 3. The zero-order valence-electron chi connectivity index (χ0n) is 21.1. The maximum absolute atomic E-state index is 13.5. The van der Waals surface area contributed by atoms with E-state index in [0.29, 0.717) is 23.9 Å². The van der Waals surface area contributed by atoms with E-state index >= 15 is 0 Å². The minimum atomic E-state index is -4.48. The van der Waals surface area contributed by atoms with Crippen LogP contribution in [-0.2, 0) is 10.2 Å². The molecule has 0 saturated carbocycles. The summed E-state index contributed by atoms with van der Waals surface area (Å²) in [5, 5.41) is 13.1. The minimum absolute atomic E-state index is 0.418. The maximum atomic E-state index is 13.5. The molecular formula is C29H28F3N5OS. The standard InChI is InChI=1S/C29H28F3N5OS/c30-29(31,32)19-33-25(38)28(23-15-7-5-13-21(23)22-14-6-8-16-24(22)28)17-9-2-10-18-39-27-35-26(36-37-27)34-20-11-3-1-4-12-20/h1,3-8,11-16H,2,9-10,17-19H2,(H,33,38)(H2,34,35,36,37). The van der Waals surface area contributed by atoms with Crippen LogP contribution in [0.4, 0.5) is 24.8 Å². The smallest absolute Gasteiger partial charge is 0.346 e. The normalized spacial score (nSPS) is 13.5. The van der Waals surface area contributed by atoms with Crippen molar-refractivity contribution in [1.82, 2.24) is 20.5 Å². The quantitative estimate of drug-likeness (QED) is 0.140. The number of thioether (sulfide) groups is 1. The van der Waals surface area contributed by atoms with Gasteiger partial charge in [-0.25, -0.2) is 5.10 Å². The molecule has 1 aliphatic carbocycles. The van der Waals surface area contributed by atoms with Crippen molar-refractivity contribution in [1.29, 1.82) is 0 Å². The Bertz CT molecular complexity index is 1380. The first-order chi connectivity index (χ1) is 18.9. The average molecular weight is 552 g/mol. The number of fused-ring (bicyclic) bond motifs is 3. The largest absolute Gasteiger partial charge is 0.405 e. The molecule has 6 nitrogen and oxygen atoms in total. The number of carbonyl (C=O) groups excluding carboxylic acids is 1. The molecule has 3 aromatic carbocycles. The van der Waals surface area contributed by atoms with E-state index in [1.165, 1.54) is 11.8 Å². The van der Waals surface area contributed by atoms with Gasteiger partial charge in [0.25, 0.3) is 0 Å². The first-order valence-corrected chi connectivity index (χ1v) is 13.8. The number of rotatable bonds is 11. The molecule has 1 aromatic heterocycles. The number of alkyl halides is 3. The second kappa shape index (κ2) is 11.5. The first-order valence-electron chi connectivity index (χ1n) is 12.8. The molecule has 4 aromatic rings. The van der Waals surface area contributed by atoms with Crippen LogP contribution in [-0.4, -0.2) is 39.6 Å². The molecule has 3 N–H and O–H groups in total. The van der Waals surface area contributed by atoms with E-state index in [1.54, 1.807) is 0 Å². The Morgan fingerprint density at radius 3 is 2.18 bits per heavy atom. The van der Waals surface area contributed by atoms with E-state index in [4.69, 9.17) is 0 Å². The lowest BCUT2D eigenvalue weighted by molar-refractivity contribution is -0.141. The number of unbranched alkanes of at least 4 members (excludes halogenated alkanes) is 2. The summed E-state index contributed by atoms with van der Waals surface area (Å²) in [6.45, 7) is -1.35. The predicted molar refractivity (Wildman–Crippen MR) is 147 cm³/mol. The maximum Gasteiger partial charge on any atom is 0.405 e. The zero-order valence-corrected chi connectivity index (χ0v) is 21.9. The van der Waals surface area contributed by atoms with Gasteiger partial charge in [0.1, 0.15) is 12.0 Å². The van der Waals surface area contributed by atoms with Crippen molar-refractivity contribution in [3.8, 4) is 11.1 Å². The van der Waals surface area contributed by atoms with Gasteiger partial charge in [-0.1, -0.05) is 91.3 Å². The van der Waals surface area contributed by atoms with Gasteiger partial charge in [0.05, 0.1) is 0 Å². The van der Waals surface area contributed by atoms with E-state index < -0.39 is 24.0 Å². The highest BCUT2D eigenvalue weighted by molar-refractivity contribution is 7.99. The molecule has 1 heterocycles. The summed E-state index contributed by atoms with van der Waals surface area (Å²) < 4.78 is 39.1. The molecule has 1 aliphatic rings. The monoisotopic (exact) mass is 551 g/mol. The minimum Gasteiger partial charge on any atom is -0.346 e.